The summed E-state index contributed by atoms with van der Waals surface area (Å²) in [6.07, 6.45) is 1.95. The molecular weight excluding hydrogens is 372 g/mol. The number of amides is 1. The molecule has 1 aliphatic rings. The number of hydrogen-bond acceptors (Lipinski definition) is 3. The van der Waals surface area contributed by atoms with Crippen molar-refractivity contribution in [3.8, 4) is 0 Å². The van der Waals surface area contributed by atoms with E-state index < -0.39 is 10.0 Å². The highest BCUT2D eigenvalue weighted by Gasteiger charge is 2.25. The standard InChI is InChI=1S/C19H21ClN2O3S/c1-14-5-8-16(9-6-14)26(24,25)21(2)15-7-10-18(20)17(13-15)19(23)22-11-3-4-12-22/h5-10,13H,3-4,11-12H2,1-2H3. The molecule has 138 valence electrons. The van der Waals surface area contributed by atoms with E-state index in [9.17, 15) is 13.2 Å². The molecule has 2 aromatic rings. The Balaban J connectivity index is 1.94. The van der Waals surface area contributed by atoms with E-state index in [1.165, 1.54) is 11.4 Å². The van der Waals surface area contributed by atoms with E-state index >= 15 is 0 Å². The summed E-state index contributed by atoms with van der Waals surface area (Å²) in [5.41, 5.74) is 1.71. The zero-order valence-corrected chi connectivity index (χ0v) is 16.3. The summed E-state index contributed by atoms with van der Waals surface area (Å²) in [5, 5.41) is 0.326. The van der Waals surface area contributed by atoms with Gasteiger partial charge < -0.3 is 4.90 Å². The number of nitrogens with zero attached hydrogens (tertiary/aromatic N) is 2. The average molecular weight is 393 g/mol. The second kappa shape index (κ2) is 7.29. The van der Waals surface area contributed by atoms with E-state index in [4.69, 9.17) is 11.6 Å². The Morgan fingerprint density at radius 1 is 1.08 bits per heavy atom. The Kier molecular flexibility index (Phi) is 5.25. The van der Waals surface area contributed by atoms with Gasteiger partial charge in [-0.2, -0.15) is 0 Å². The average Bonchev–Trinajstić information content (AvgIpc) is 3.16. The van der Waals surface area contributed by atoms with Gasteiger partial charge in [-0.3, -0.25) is 9.10 Å². The maximum Gasteiger partial charge on any atom is 0.264 e. The van der Waals surface area contributed by atoms with Gasteiger partial charge in [0.25, 0.3) is 15.9 Å². The van der Waals surface area contributed by atoms with E-state index in [2.05, 4.69) is 0 Å². The molecule has 0 bridgehead atoms. The van der Waals surface area contributed by atoms with Gasteiger partial charge in [-0.25, -0.2) is 8.42 Å². The smallest absolute Gasteiger partial charge is 0.264 e. The van der Waals surface area contributed by atoms with Gasteiger partial charge in [-0.1, -0.05) is 29.3 Å². The molecule has 26 heavy (non-hydrogen) atoms. The molecule has 7 heteroatoms. The lowest BCUT2D eigenvalue weighted by atomic mass is 10.1. The third kappa shape index (κ3) is 3.57. The minimum Gasteiger partial charge on any atom is -0.339 e. The second-order valence-electron chi connectivity index (χ2n) is 6.45. The first kappa shape index (κ1) is 18.7. The van der Waals surface area contributed by atoms with Crippen molar-refractivity contribution in [2.24, 2.45) is 0 Å². The number of halogens is 1. The number of hydrogen-bond donors (Lipinski definition) is 0. The van der Waals surface area contributed by atoms with Crippen LogP contribution in [0, 0.1) is 6.92 Å². The van der Waals surface area contributed by atoms with Crippen LogP contribution in [0.2, 0.25) is 5.02 Å². The van der Waals surface area contributed by atoms with Crippen LogP contribution in [0.5, 0.6) is 0 Å². The van der Waals surface area contributed by atoms with Crippen LogP contribution in [-0.2, 0) is 10.0 Å². The molecular formula is C19H21ClN2O3S. The summed E-state index contributed by atoms with van der Waals surface area (Å²) >= 11 is 6.21. The lowest BCUT2D eigenvalue weighted by Crippen LogP contribution is -2.29. The topological polar surface area (TPSA) is 57.7 Å². The molecule has 0 N–H and O–H groups in total. The number of benzene rings is 2. The number of aryl methyl sites for hydroxylation is 1. The molecule has 1 aliphatic heterocycles. The highest BCUT2D eigenvalue weighted by atomic mass is 35.5. The van der Waals surface area contributed by atoms with E-state index in [1.54, 1.807) is 47.4 Å². The molecule has 0 spiro atoms. The molecule has 2 aromatic carbocycles. The molecule has 1 fully saturated rings. The maximum atomic E-state index is 12.9. The fourth-order valence-corrected chi connectivity index (χ4v) is 4.36. The predicted molar refractivity (Wildman–Crippen MR) is 103 cm³/mol. The Morgan fingerprint density at radius 2 is 1.69 bits per heavy atom. The number of likely N-dealkylation sites (tertiary alicyclic amines) is 1. The van der Waals surface area contributed by atoms with Gasteiger partial charge in [-0.05, 0) is 50.1 Å². The fourth-order valence-electron chi connectivity index (χ4n) is 2.97. The van der Waals surface area contributed by atoms with Crippen LogP contribution in [-0.4, -0.2) is 39.4 Å². The summed E-state index contributed by atoms with van der Waals surface area (Å²) in [6, 6.07) is 11.4. The van der Waals surface area contributed by atoms with Crippen molar-refractivity contribution < 1.29 is 13.2 Å². The van der Waals surface area contributed by atoms with E-state index in [0.29, 0.717) is 29.4 Å². The Bertz CT molecular complexity index is 920. The SMILES string of the molecule is Cc1ccc(S(=O)(=O)N(C)c2ccc(Cl)c(C(=O)N3CCCC3)c2)cc1. The second-order valence-corrected chi connectivity index (χ2v) is 8.83. The highest BCUT2D eigenvalue weighted by Crippen LogP contribution is 2.28. The van der Waals surface area contributed by atoms with Crippen LogP contribution < -0.4 is 4.31 Å². The largest absolute Gasteiger partial charge is 0.339 e. The number of rotatable bonds is 4. The normalized spacial score (nSPS) is 14.5. The monoisotopic (exact) mass is 392 g/mol. The third-order valence-electron chi connectivity index (χ3n) is 4.62. The summed E-state index contributed by atoms with van der Waals surface area (Å²) in [6.45, 7) is 3.31. The van der Waals surface area contributed by atoms with Crippen molar-refractivity contribution in [1.82, 2.24) is 4.90 Å². The van der Waals surface area contributed by atoms with Gasteiger partial charge in [0.1, 0.15) is 0 Å². The predicted octanol–water partition coefficient (Wildman–Crippen LogP) is 3.71. The van der Waals surface area contributed by atoms with Crippen LogP contribution in [0.1, 0.15) is 28.8 Å². The number of carbonyl (C=O) groups excluding carboxylic acids is 1. The first-order chi connectivity index (χ1) is 12.3. The van der Waals surface area contributed by atoms with E-state index in [1.807, 2.05) is 6.92 Å². The lowest BCUT2D eigenvalue weighted by molar-refractivity contribution is 0.0793. The molecule has 0 atom stereocenters. The fraction of sp³-hybridized carbons (Fsp3) is 0.316. The van der Waals surface area contributed by atoms with Gasteiger partial charge in [0.05, 0.1) is 21.2 Å². The molecule has 0 radical (unpaired) electrons. The number of carbonyl (C=O) groups is 1. The molecule has 3 rings (SSSR count). The van der Waals surface area contributed by atoms with Crippen LogP contribution in [0.3, 0.4) is 0 Å². The van der Waals surface area contributed by atoms with Crippen LogP contribution in [0.4, 0.5) is 5.69 Å². The quantitative estimate of drug-likeness (QED) is 0.796. The zero-order chi connectivity index (χ0) is 18.9. The van der Waals surface area contributed by atoms with Crippen molar-refractivity contribution in [3.05, 3.63) is 58.6 Å². The van der Waals surface area contributed by atoms with E-state index in [-0.39, 0.29) is 10.8 Å². The maximum absolute atomic E-state index is 12.9. The summed E-state index contributed by atoms with van der Waals surface area (Å²) < 4.78 is 26.9. The highest BCUT2D eigenvalue weighted by molar-refractivity contribution is 7.92. The minimum atomic E-state index is -3.72. The molecule has 1 heterocycles. The van der Waals surface area contributed by atoms with Gasteiger partial charge in [-0.15, -0.1) is 0 Å². The number of anilines is 1. The Labute approximate surface area is 159 Å². The molecule has 5 nitrogen and oxygen atoms in total. The third-order valence-corrected chi connectivity index (χ3v) is 6.75. The minimum absolute atomic E-state index is 0.157. The van der Waals surface area contributed by atoms with Crippen molar-refractivity contribution in [2.45, 2.75) is 24.7 Å². The molecule has 0 aliphatic carbocycles. The van der Waals surface area contributed by atoms with Gasteiger partial charge >= 0.3 is 0 Å². The Hall–Kier alpha value is -2.05. The number of sulfonamides is 1. The first-order valence-corrected chi connectivity index (χ1v) is 10.3. The summed E-state index contributed by atoms with van der Waals surface area (Å²) in [7, 11) is -2.24. The van der Waals surface area contributed by atoms with Crippen molar-refractivity contribution in [1.29, 1.82) is 0 Å². The molecule has 1 saturated heterocycles. The van der Waals surface area contributed by atoms with Crippen molar-refractivity contribution >= 4 is 33.2 Å². The van der Waals surface area contributed by atoms with Crippen LogP contribution in [0.25, 0.3) is 0 Å². The van der Waals surface area contributed by atoms with Crippen molar-refractivity contribution in [2.75, 3.05) is 24.4 Å². The zero-order valence-electron chi connectivity index (χ0n) is 14.8. The molecule has 0 unspecified atom stereocenters. The van der Waals surface area contributed by atoms with Crippen molar-refractivity contribution in [3.63, 3.8) is 0 Å². The summed E-state index contributed by atoms with van der Waals surface area (Å²) in [4.78, 5) is 14.6. The first-order valence-electron chi connectivity index (χ1n) is 8.45. The van der Waals surface area contributed by atoms with Gasteiger partial charge in [0, 0.05) is 20.1 Å². The van der Waals surface area contributed by atoms with Gasteiger partial charge in [0.15, 0.2) is 0 Å². The summed E-state index contributed by atoms with van der Waals surface area (Å²) in [5.74, 6) is -0.157. The Morgan fingerprint density at radius 3 is 2.31 bits per heavy atom. The van der Waals surface area contributed by atoms with Crippen LogP contribution >= 0.6 is 11.6 Å². The van der Waals surface area contributed by atoms with Gasteiger partial charge in [0.2, 0.25) is 0 Å². The lowest BCUT2D eigenvalue weighted by Gasteiger charge is -2.22. The molecule has 0 saturated carbocycles. The molecule has 0 aromatic heterocycles. The molecule has 1 amide bonds. The van der Waals surface area contributed by atoms with E-state index in [0.717, 1.165) is 18.4 Å². The van der Waals surface area contributed by atoms with Crippen LogP contribution in [0.15, 0.2) is 47.4 Å².